The quantitative estimate of drug-likeness (QED) is 0.801. The van der Waals surface area contributed by atoms with Gasteiger partial charge in [-0.25, -0.2) is 0 Å². The molecule has 0 radical (unpaired) electrons. The van der Waals surface area contributed by atoms with Crippen molar-refractivity contribution in [2.75, 3.05) is 6.54 Å². The van der Waals surface area contributed by atoms with Crippen LogP contribution in [0.2, 0.25) is 5.02 Å². The monoisotopic (exact) mass is 225 g/mol. The first-order valence-corrected chi connectivity index (χ1v) is 5.44. The minimum absolute atomic E-state index is 0.0399. The molecule has 0 aliphatic heterocycles. The lowest BCUT2D eigenvalue weighted by molar-refractivity contribution is 0.0892. The fraction of sp³-hybridized carbons (Fsp3) is 0.417. The first-order chi connectivity index (χ1) is 7.07. The van der Waals surface area contributed by atoms with Gasteiger partial charge in [0.1, 0.15) is 0 Å². The molecule has 0 bridgehead atoms. The molecule has 15 heavy (non-hydrogen) atoms. The summed E-state index contributed by atoms with van der Waals surface area (Å²) in [5.41, 5.74) is 6.17. The number of hydrogen-bond acceptors (Lipinski definition) is 2. The Kier molecular flexibility index (Phi) is 4.30. The van der Waals surface area contributed by atoms with Crippen LogP contribution in [0.25, 0.3) is 0 Å². The number of benzene rings is 1. The molecule has 0 fully saturated rings. The lowest BCUT2D eigenvalue weighted by atomic mass is 9.88. The van der Waals surface area contributed by atoms with Gasteiger partial charge < -0.3 is 5.73 Å². The zero-order valence-corrected chi connectivity index (χ0v) is 9.79. The van der Waals surface area contributed by atoms with Crippen molar-refractivity contribution >= 4 is 17.4 Å². The van der Waals surface area contributed by atoms with Gasteiger partial charge in [-0.3, -0.25) is 4.79 Å². The summed E-state index contributed by atoms with van der Waals surface area (Å²) in [5.74, 6) is 0.127. The number of nitrogens with two attached hydrogens (primary N) is 1. The number of Topliss-reactive ketones (excluding diaryl/α,β-unsaturated/α-hetero) is 1. The molecule has 1 rings (SSSR count). The molecule has 3 heteroatoms. The van der Waals surface area contributed by atoms with Gasteiger partial charge in [-0.1, -0.05) is 37.6 Å². The number of ketones is 1. The molecule has 1 atom stereocenters. The second-order valence-electron chi connectivity index (χ2n) is 3.93. The summed E-state index contributed by atoms with van der Waals surface area (Å²) in [6.07, 6.45) is 0. The summed E-state index contributed by atoms with van der Waals surface area (Å²) < 4.78 is 0. The molecule has 2 N–H and O–H groups in total. The summed E-state index contributed by atoms with van der Waals surface area (Å²) in [7, 11) is 0. The van der Waals surface area contributed by atoms with Gasteiger partial charge in [0, 0.05) is 18.0 Å². The molecule has 0 spiro atoms. The maximum atomic E-state index is 12.1. The highest BCUT2D eigenvalue weighted by Crippen LogP contribution is 2.22. The van der Waals surface area contributed by atoms with E-state index in [2.05, 4.69) is 0 Å². The van der Waals surface area contributed by atoms with Gasteiger partial charge in [-0.15, -0.1) is 0 Å². The Morgan fingerprint density at radius 1 is 1.40 bits per heavy atom. The minimum Gasteiger partial charge on any atom is -0.330 e. The summed E-state index contributed by atoms with van der Waals surface area (Å²) >= 11 is 5.96. The molecule has 0 saturated heterocycles. The maximum Gasteiger partial charge on any atom is 0.168 e. The Balaban J connectivity index is 2.98. The number of hydrogen-bond donors (Lipinski definition) is 1. The third kappa shape index (κ3) is 2.80. The highest BCUT2D eigenvalue weighted by molar-refractivity contribution is 6.34. The Morgan fingerprint density at radius 2 is 2.00 bits per heavy atom. The highest BCUT2D eigenvalue weighted by Gasteiger charge is 2.23. The van der Waals surface area contributed by atoms with Crippen molar-refractivity contribution < 1.29 is 4.79 Å². The summed E-state index contributed by atoms with van der Waals surface area (Å²) in [6.45, 7) is 4.35. The lowest BCUT2D eigenvalue weighted by Gasteiger charge is -2.17. The average Bonchev–Trinajstić information content (AvgIpc) is 2.18. The molecule has 0 heterocycles. The summed E-state index contributed by atoms with van der Waals surface area (Å²) in [6, 6.07) is 7.09. The fourth-order valence-corrected chi connectivity index (χ4v) is 1.77. The minimum atomic E-state index is -0.148. The zero-order valence-electron chi connectivity index (χ0n) is 9.03. The first kappa shape index (κ1) is 12.2. The van der Waals surface area contributed by atoms with Crippen molar-refractivity contribution in [2.45, 2.75) is 13.8 Å². The molecule has 0 aliphatic rings. The van der Waals surface area contributed by atoms with Gasteiger partial charge in [-0.2, -0.15) is 0 Å². The topological polar surface area (TPSA) is 43.1 Å². The van der Waals surface area contributed by atoms with Crippen LogP contribution in [-0.4, -0.2) is 12.3 Å². The van der Waals surface area contributed by atoms with Crippen LogP contribution in [0.4, 0.5) is 0 Å². The molecule has 1 aromatic carbocycles. The molecule has 0 aromatic heterocycles. The van der Waals surface area contributed by atoms with Crippen molar-refractivity contribution in [3.63, 3.8) is 0 Å². The number of rotatable bonds is 4. The third-order valence-corrected chi connectivity index (χ3v) is 2.86. The van der Waals surface area contributed by atoms with Gasteiger partial charge in [0.2, 0.25) is 0 Å². The van der Waals surface area contributed by atoms with Crippen LogP contribution in [0.1, 0.15) is 24.2 Å². The largest absolute Gasteiger partial charge is 0.330 e. The normalized spacial score (nSPS) is 12.9. The van der Waals surface area contributed by atoms with Crippen molar-refractivity contribution in [1.82, 2.24) is 0 Å². The van der Waals surface area contributed by atoms with Crippen LogP contribution in [0.5, 0.6) is 0 Å². The van der Waals surface area contributed by atoms with E-state index < -0.39 is 0 Å². The van der Waals surface area contributed by atoms with E-state index in [4.69, 9.17) is 17.3 Å². The number of carbonyl (C=O) groups is 1. The number of halogens is 1. The maximum absolute atomic E-state index is 12.1. The smallest absolute Gasteiger partial charge is 0.168 e. The van der Waals surface area contributed by atoms with E-state index in [1.807, 2.05) is 26.0 Å². The summed E-state index contributed by atoms with van der Waals surface area (Å²) in [4.78, 5) is 12.1. The van der Waals surface area contributed by atoms with E-state index in [0.29, 0.717) is 17.1 Å². The fourth-order valence-electron chi connectivity index (χ4n) is 1.54. The van der Waals surface area contributed by atoms with Gasteiger partial charge >= 0.3 is 0 Å². The van der Waals surface area contributed by atoms with E-state index in [-0.39, 0.29) is 17.6 Å². The van der Waals surface area contributed by atoms with E-state index in [1.165, 1.54) is 0 Å². The summed E-state index contributed by atoms with van der Waals surface area (Å²) in [5, 5.41) is 0.501. The van der Waals surface area contributed by atoms with Crippen molar-refractivity contribution in [3.8, 4) is 0 Å². The molecular formula is C12H16ClNO. The van der Waals surface area contributed by atoms with E-state index in [0.717, 1.165) is 0 Å². The Morgan fingerprint density at radius 3 is 2.47 bits per heavy atom. The van der Waals surface area contributed by atoms with Gasteiger partial charge in [0.25, 0.3) is 0 Å². The molecular weight excluding hydrogens is 210 g/mol. The van der Waals surface area contributed by atoms with Crippen LogP contribution in [0, 0.1) is 11.8 Å². The first-order valence-electron chi connectivity index (χ1n) is 5.06. The number of carbonyl (C=O) groups excluding carboxylic acids is 1. The van der Waals surface area contributed by atoms with Crippen LogP contribution < -0.4 is 5.73 Å². The SMILES string of the molecule is CC(C)C(CN)C(=O)c1ccccc1Cl. The van der Waals surface area contributed by atoms with Gasteiger partial charge in [-0.05, 0) is 18.1 Å². The van der Waals surface area contributed by atoms with Gasteiger partial charge in [0.05, 0.1) is 5.02 Å². The zero-order chi connectivity index (χ0) is 11.4. The Labute approximate surface area is 95.4 Å². The predicted octanol–water partition coefficient (Wildman–Crippen LogP) is 2.75. The van der Waals surface area contributed by atoms with E-state index in [9.17, 15) is 4.79 Å². The van der Waals surface area contributed by atoms with E-state index in [1.54, 1.807) is 12.1 Å². The molecule has 1 aromatic rings. The molecule has 1 unspecified atom stereocenters. The van der Waals surface area contributed by atoms with Crippen LogP contribution >= 0.6 is 11.6 Å². The molecule has 0 saturated carbocycles. The second-order valence-corrected chi connectivity index (χ2v) is 4.34. The Bertz CT molecular complexity index is 349. The van der Waals surface area contributed by atoms with Gasteiger partial charge in [0.15, 0.2) is 5.78 Å². The van der Waals surface area contributed by atoms with Crippen LogP contribution in [0.15, 0.2) is 24.3 Å². The van der Waals surface area contributed by atoms with Crippen molar-refractivity contribution in [1.29, 1.82) is 0 Å². The molecule has 0 aliphatic carbocycles. The highest BCUT2D eigenvalue weighted by atomic mass is 35.5. The van der Waals surface area contributed by atoms with Crippen LogP contribution in [-0.2, 0) is 0 Å². The standard InChI is InChI=1S/C12H16ClNO/c1-8(2)10(7-14)12(15)9-5-3-4-6-11(9)13/h3-6,8,10H,7,14H2,1-2H3. The molecule has 0 amide bonds. The third-order valence-electron chi connectivity index (χ3n) is 2.53. The van der Waals surface area contributed by atoms with Crippen molar-refractivity contribution in [2.24, 2.45) is 17.6 Å². The van der Waals surface area contributed by atoms with Crippen LogP contribution in [0.3, 0.4) is 0 Å². The Hall–Kier alpha value is -0.860. The lowest BCUT2D eigenvalue weighted by Crippen LogP contribution is -2.28. The predicted molar refractivity (Wildman–Crippen MR) is 63.2 cm³/mol. The average molecular weight is 226 g/mol. The van der Waals surface area contributed by atoms with Crippen molar-refractivity contribution in [3.05, 3.63) is 34.9 Å². The van der Waals surface area contributed by atoms with E-state index >= 15 is 0 Å². The molecule has 2 nitrogen and oxygen atoms in total. The molecule has 82 valence electrons. The second kappa shape index (κ2) is 5.29.